The minimum Gasteiger partial charge on any atom is -0.506 e. The van der Waals surface area contributed by atoms with Gasteiger partial charge in [-0.1, -0.05) is 6.58 Å². The first-order valence-corrected chi connectivity index (χ1v) is 7.19. The minimum atomic E-state index is -0.251. The van der Waals surface area contributed by atoms with Gasteiger partial charge < -0.3 is 10.4 Å². The number of anilines is 2. The average Bonchev–Trinajstić information content (AvgIpc) is 2.50. The number of aromatic hydroxyl groups is 1. The number of aryl methyl sites for hydroxylation is 2. The van der Waals surface area contributed by atoms with E-state index in [1.807, 2.05) is 32.0 Å². The van der Waals surface area contributed by atoms with Crippen LogP contribution in [0.3, 0.4) is 0 Å². The predicted octanol–water partition coefficient (Wildman–Crippen LogP) is 3.29. The summed E-state index contributed by atoms with van der Waals surface area (Å²) in [5, 5.41) is 15.8. The largest absolute Gasteiger partial charge is 0.506 e. The monoisotopic (exact) mass is 310 g/mol. The molecule has 3 aromatic rings. The van der Waals surface area contributed by atoms with E-state index < -0.39 is 0 Å². The zero-order valence-electron chi connectivity index (χ0n) is 13.0. The number of amides is 1. The van der Waals surface area contributed by atoms with Crippen molar-refractivity contribution in [3.05, 3.63) is 54.1 Å². The lowest BCUT2D eigenvalue weighted by Crippen LogP contribution is -2.19. The van der Waals surface area contributed by atoms with Crippen molar-refractivity contribution in [3.8, 4) is 5.75 Å². The number of fused-ring (bicyclic) bond motifs is 1. The second-order valence-corrected chi connectivity index (χ2v) is 5.44. The maximum atomic E-state index is 11.3. The first kappa shape index (κ1) is 14.8. The smallest absolute Gasteiger partial charge is 0.247 e. The summed E-state index contributed by atoms with van der Waals surface area (Å²) in [6.07, 6.45) is 1.23. The Morgan fingerprint density at radius 3 is 2.70 bits per heavy atom. The highest BCUT2D eigenvalue weighted by molar-refractivity contribution is 6.00. The summed E-state index contributed by atoms with van der Waals surface area (Å²) in [5.41, 5.74) is 8.34. The van der Waals surface area contributed by atoms with Gasteiger partial charge in [-0.2, -0.15) is 4.79 Å². The Morgan fingerprint density at radius 1 is 1.26 bits per heavy atom. The quantitative estimate of drug-likeness (QED) is 0.441. The number of hydrogen-bond donors (Lipinski definition) is 4. The van der Waals surface area contributed by atoms with E-state index in [4.69, 9.17) is 0 Å². The zero-order valence-corrected chi connectivity index (χ0v) is 13.0. The van der Waals surface area contributed by atoms with Gasteiger partial charge >= 0.3 is 0 Å². The maximum absolute atomic E-state index is 11.3. The number of rotatable bonds is 4. The van der Waals surface area contributed by atoms with Crippen molar-refractivity contribution in [1.29, 1.82) is 0 Å². The Balaban J connectivity index is 1.84. The second-order valence-electron chi connectivity index (χ2n) is 5.44. The summed E-state index contributed by atoms with van der Waals surface area (Å²) in [6.45, 7) is 7.37. The van der Waals surface area contributed by atoms with Crippen LogP contribution in [0.2, 0.25) is 0 Å². The van der Waals surface area contributed by atoms with Gasteiger partial charge in [0.05, 0.1) is 11.2 Å². The van der Waals surface area contributed by atoms with Gasteiger partial charge in [0.1, 0.15) is 11.3 Å². The molecule has 1 amide bonds. The van der Waals surface area contributed by atoms with E-state index in [0.29, 0.717) is 11.4 Å². The number of H-pyrrole nitrogens is 1. The number of benzene rings is 2. The lowest BCUT2D eigenvalue weighted by molar-refractivity contribution is -0.111. The Hall–Kier alpha value is -3.15. The van der Waals surface area contributed by atoms with Gasteiger partial charge in [0.2, 0.25) is 5.91 Å². The van der Waals surface area contributed by atoms with Crippen LogP contribution in [-0.2, 0) is 4.79 Å². The van der Waals surface area contributed by atoms with Crippen molar-refractivity contribution >= 4 is 28.3 Å². The van der Waals surface area contributed by atoms with Crippen molar-refractivity contribution < 1.29 is 9.90 Å². The number of nitrogens with one attached hydrogen (secondary N) is 3. The van der Waals surface area contributed by atoms with Crippen LogP contribution in [0.25, 0.3) is 11.0 Å². The molecule has 0 fully saturated rings. The molecular weight excluding hydrogens is 292 g/mol. The third-order valence-electron chi connectivity index (χ3n) is 3.77. The molecule has 3 rings (SSSR count). The van der Waals surface area contributed by atoms with E-state index in [2.05, 4.69) is 22.4 Å². The maximum Gasteiger partial charge on any atom is 0.247 e. The SMILES string of the molecule is C=CC(=O)Nc1ccc2c(c1)[nH]n2Nc1cc(C)c(C)cc1O. The standard InChI is InChI=1S/C17H18N4O2/c1-4-17(23)18-12-5-6-15-13(9-12)19-21(15)20-14-7-10(2)11(3)8-16(14)22/h4-9,19-20,22H,1H2,2-3H3,(H,18,23). The lowest BCUT2D eigenvalue weighted by atomic mass is 10.1. The number of nitrogens with zero attached hydrogens (tertiary/aromatic N) is 1. The molecule has 118 valence electrons. The van der Waals surface area contributed by atoms with E-state index >= 15 is 0 Å². The fourth-order valence-corrected chi connectivity index (χ4v) is 2.32. The molecule has 0 spiro atoms. The van der Waals surface area contributed by atoms with Crippen LogP contribution in [-0.4, -0.2) is 20.9 Å². The summed E-state index contributed by atoms with van der Waals surface area (Å²) in [7, 11) is 0. The molecule has 1 aromatic heterocycles. The first-order valence-electron chi connectivity index (χ1n) is 7.19. The minimum absolute atomic E-state index is 0.193. The lowest BCUT2D eigenvalue weighted by Gasteiger charge is -2.20. The van der Waals surface area contributed by atoms with Crippen molar-refractivity contribution in [3.63, 3.8) is 0 Å². The van der Waals surface area contributed by atoms with Gasteiger partial charge in [-0.05, 0) is 61.4 Å². The van der Waals surface area contributed by atoms with Crippen LogP contribution in [0, 0.1) is 13.8 Å². The molecule has 4 N–H and O–H groups in total. The number of phenolic OH excluding ortho intramolecular Hbond substituents is 1. The average molecular weight is 310 g/mol. The Bertz CT molecular complexity index is 905. The van der Waals surface area contributed by atoms with Gasteiger partial charge in [0.15, 0.2) is 0 Å². The van der Waals surface area contributed by atoms with Gasteiger partial charge in [-0.3, -0.25) is 15.3 Å². The topological polar surface area (TPSA) is 82.1 Å². The molecule has 0 aliphatic rings. The fraction of sp³-hybridized carbons (Fsp3) is 0.118. The van der Waals surface area contributed by atoms with Crippen molar-refractivity contribution in [2.75, 3.05) is 10.7 Å². The summed E-state index contributed by atoms with van der Waals surface area (Å²) in [4.78, 5) is 13.0. The van der Waals surface area contributed by atoms with Crippen molar-refractivity contribution in [2.45, 2.75) is 13.8 Å². The molecule has 1 heterocycles. The molecule has 0 radical (unpaired) electrons. The number of aromatic amines is 1. The molecule has 0 unspecified atom stereocenters. The number of hydrogen-bond acceptors (Lipinski definition) is 3. The van der Waals surface area contributed by atoms with Crippen LogP contribution in [0.5, 0.6) is 5.75 Å². The van der Waals surface area contributed by atoms with E-state index in [9.17, 15) is 9.90 Å². The molecule has 23 heavy (non-hydrogen) atoms. The predicted molar refractivity (Wildman–Crippen MR) is 91.7 cm³/mol. The highest BCUT2D eigenvalue weighted by Gasteiger charge is 2.10. The molecule has 6 nitrogen and oxygen atoms in total. The van der Waals surface area contributed by atoms with Crippen LogP contribution >= 0.6 is 0 Å². The van der Waals surface area contributed by atoms with E-state index in [-0.39, 0.29) is 11.7 Å². The normalized spacial score (nSPS) is 10.7. The first-order chi connectivity index (χ1) is 11.0. The Kier molecular flexibility index (Phi) is 3.57. The molecule has 0 aliphatic heterocycles. The number of carbonyl (C=O) groups is 1. The number of phenols is 1. The molecule has 2 aromatic carbocycles. The summed E-state index contributed by atoms with van der Waals surface area (Å²) in [5.74, 6) is -0.0578. The Labute approximate surface area is 133 Å². The fourth-order valence-electron chi connectivity index (χ4n) is 2.32. The molecular formula is C17H18N4O2. The Morgan fingerprint density at radius 2 is 2.00 bits per heavy atom. The molecule has 0 aliphatic carbocycles. The van der Waals surface area contributed by atoms with E-state index in [0.717, 1.165) is 22.2 Å². The summed E-state index contributed by atoms with van der Waals surface area (Å²) < 4.78 is 0. The third kappa shape index (κ3) is 2.78. The molecule has 0 saturated heterocycles. The van der Waals surface area contributed by atoms with Crippen LogP contribution in [0.1, 0.15) is 11.1 Å². The molecule has 0 saturated carbocycles. The van der Waals surface area contributed by atoms with Gasteiger partial charge in [-0.15, -0.1) is 0 Å². The number of carbonyl (C=O) groups excluding carboxylic acids is 1. The number of aromatic nitrogens is 2. The highest BCUT2D eigenvalue weighted by Crippen LogP contribution is 2.28. The van der Waals surface area contributed by atoms with E-state index in [1.165, 1.54) is 6.08 Å². The van der Waals surface area contributed by atoms with Crippen LogP contribution < -0.4 is 10.7 Å². The summed E-state index contributed by atoms with van der Waals surface area (Å²) in [6, 6.07) is 9.12. The molecule has 0 atom stereocenters. The molecule has 6 heteroatoms. The van der Waals surface area contributed by atoms with Crippen molar-refractivity contribution in [1.82, 2.24) is 9.89 Å². The van der Waals surface area contributed by atoms with E-state index in [1.54, 1.807) is 16.9 Å². The van der Waals surface area contributed by atoms with Crippen LogP contribution in [0.4, 0.5) is 11.4 Å². The second kappa shape index (κ2) is 5.57. The third-order valence-corrected chi connectivity index (χ3v) is 3.77. The van der Waals surface area contributed by atoms with Gasteiger partial charge in [0, 0.05) is 5.69 Å². The van der Waals surface area contributed by atoms with Gasteiger partial charge in [-0.25, -0.2) is 0 Å². The van der Waals surface area contributed by atoms with Gasteiger partial charge in [0.25, 0.3) is 0 Å². The zero-order chi connectivity index (χ0) is 16.6. The molecule has 0 bridgehead atoms. The van der Waals surface area contributed by atoms with Crippen molar-refractivity contribution in [2.24, 2.45) is 0 Å². The highest BCUT2D eigenvalue weighted by atomic mass is 16.3. The van der Waals surface area contributed by atoms with Crippen LogP contribution in [0.15, 0.2) is 43.0 Å². The summed E-state index contributed by atoms with van der Waals surface area (Å²) >= 11 is 0.